The van der Waals surface area contributed by atoms with Gasteiger partial charge in [0.15, 0.2) is 5.13 Å². The predicted molar refractivity (Wildman–Crippen MR) is 68.1 cm³/mol. The van der Waals surface area contributed by atoms with Crippen molar-refractivity contribution in [3.05, 3.63) is 36.4 Å². The van der Waals surface area contributed by atoms with Crippen LogP contribution in [0.5, 0.6) is 0 Å². The van der Waals surface area contributed by atoms with Gasteiger partial charge in [-0.1, -0.05) is 16.6 Å². The Morgan fingerprint density at radius 2 is 2.33 bits per heavy atom. The Morgan fingerprint density at radius 1 is 1.39 bits per heavy atom. The third-order valence-corrected chi connectivity index (χ3v) is 3.43. The van der Waals surface area contributed by atoms with Gasteiger partial charge in [0.05, 0.1) is 23.0 Å². The molecule has 0 aliphatic carbocycles. The summed E-state index contributed by atoms with van der Waals surface area (Å²) in [7, 11) is 0. The lowest BCUT2D eigenvalue weighted by molar-refractivity contribution is 0.609. The van der Waals surface area contributed by atoms with Crippen LogP contribution in [-0.4, -0.2) is 26.5 Å². The van der Waals surface area contributed by atoms with Crippen molar-refractivity contribution < 1.29 is 4.39 Å². The summed E-state index contributed by atoms with van der Waals surface area (Å²) in [5.41, 5.74) is 0.684. The molecule has 0 spiro atoms. The number of fused-ring (bicyclic) bond motifs is 1. The lowest BCUT2D eigenvalue weighted by Gasteiger charge is -2.01. The van der Waals surface area contributed by atoms with E-state index in [4.69, 9.17) is 0 Å². The maximum atomic E-state index is 13.0. The summed E-state index contributed by atoms with van der Waals surface area (Å²) in [4.78, 5) is 4.31. The van der Waals surface area contributed by atoms with Gasteiger partial charge in [-0.05, 0) is 12.1 Å². The SMILES string of the molecule is Fc1ccc2sc(NCCn3ccnn3)nc2c1. The molecule has 3 rings (SSSR count). The zero-order valence-electron chi connectivity index (χ0n) is 9.38. The average molecular weight is 263 g/mol. The predicted octanol–water partition coefficient (Wildman–Crippen LogP) is 2.14. The Labute approximate surface area is 106 Å². The first-order chi connectivity index (χ1) is 8.81. The van der Waals surface area contributed by atoms with Crippen molar-refractivity contribution in [3.63, 3.8) is 0 Å². The van der Waals surface area contributed by atoms with Gasteiger partial charge < -0.3 is 5.32 Å². The summed E-state index contributed by atoms with van der Waals surface area (Å²) in [6, 6.07) is 4.62. The summed E-state index contributed by atoms with van der Waals surface area (Å²) in [5, 5.41) is 11.6. The minimum atomic E-state index is -0.262. The molecule has 0 atom stereocenters. The van der Waals surface area contributed by atoms with Crippen LogP contribution in [0.25, 0.3) is 10.2 Å². The molecule has 3 aromatic rings. The van der Waals surface area contributed by atoms with E-state index in [0.29, 0.717) is 18.6 Å². The summed E-state index contributed by atoms with van der Waals surface area (Å²) >= 11 is 1.51. The van der Waals surface area contributed by atoms with E-state index in [1.54, 1.807) is 23.1 Å². The Bertz CT molecular complexity index is 649. The molecule has 2 aromatic heterocycles. The molecular formula is C11H10FN5S. The molecule has 0 aliphatic rings. The minimum absolute atomic E-state index is 0.262. The number of aromatic nitrogens is 4. The Morgan fingerprint density at radius 3 is 3.17 bits per heavy atom. The fourth-order valence-electron chi connectivity index (χ4n) is 1.61. The van der Waals surface area contributed by atoms with Gasteiger partial charge in [-0.15, -0.1) is 5.10 Å². The molecule has 5 nitrogen and oxygen atoms in total. The Kier molecular flexibility index (Phi) is 2.89. The number of rotatable bonds is 4. The zero-order valence-corrected chi connectivity index (χ0v) is 10.2. The second kappa shape index (κ2) is 4.69. The third kappa shape index (κ3) is 2.30. The van der Waals surface area contributed by atoms with E-state index in [1.165, 1.54) is 23.5 Å². The number of benzene rings is 1. The number of nitrogens with zero attached hydrogens (tertiary/aromatic N) is 4. The van der Waals surface area contributed by atoms with Crippen molar-refractivity contribution in [2.45, 2.75) is 6.54 Å². The molecule has 0 radical (unpaired) electrons. The first kappa shape index (κ1) is 11.1. The molecule has 0 amide bonds. The lowest BCUT2D eigenvalue weighted by atomic mass is 10.3. The fourth-order valence-corrected chi connectivity index (χ4v) is 2.48. The Hall–Kier alpha value is -2.02. The summed E-state index contributed by atoms with van der Waals surface area (Å²) in [6.45, 7) is 1.41. The second-order valence-corrected chi connectivity index (χ2v) is 4.75. The van der Waals surface area contributed by atoms with Crippen LogP contribution in [0, 0.1) is 5.82 Å². The van der Waals surface area contributed by atoms with Crippen LogP contribution in [0.3, 0.4) is 0 Å². The topological polar surface area (TPSA) is 55.6 Å². The van der Waals surface area contributed by atoms with Crippen molar-refractivity contribution >= 4 is 26.7 Å². The number of thiazole rings is 1. The maximum Gasteiger partial charge on any atom is 0.183 e. The number of anilines is 1. The molecule has 92 valence electrons. The van der Waals surface area contributed by atoms with Crippen LogP contribution in [0.2, 0.25) is 0 Å². The third-order valence-electron chi connectivity index (χ3n) is 2.44. The van der Waals surface area contributed by atoms with Gasteiger partial charge in [0.2, 0.25) is 0 Å². The monoisotopic (exact) mass is 263 g/mol. The molecule has 18 heavy (non-hydrogen) atoms. The van der Waals surface area contributed by atoms with Crippen molar-refractivity contribution in [1.29, 1.82) is 0 Å². The van der Waals surface area contributed by atoms with E-state index in [0.717, 1.165) is 9.83 Å². The standard InChI is InChI=1S/C11H10FN5S/c12-8-1-2-10-9(7-8)15-11(18-10)13-3-5-17-6-4-14-16-17/h1-2,4,6-7H,3,5H2,(H,13,15). The van der Waals surface area contributed by atoms with Crippen LogP contribution in [0.4, 0.5) is 9.52 Å². The largest absolute Gasteiger partial charge is 0.360 e. The van der Waals surface area contributed by atoms with E-state index in [2.05, 4.69) is 20.6 Å². The molecule has 0 saturated heterocycles. The van der Waals surface area contributed by atoms with Crippen LogP contribution in [0.1, 0.15) is 0 Å². The first-order valence-corrected chi connectivity index (χ1v) is 6.27. The van der Waals surface area contributed by atoms with E-state index < -0.39 is 0 Å². The van der Waals surface area contributed by atoms with Crippen LogP contribution < -0.4 is 5.32 Å². The van der Waals surface area contributed by atoms with Crippen molar-refractivity contribution in [2.24, 2.45) is 0 Å². The molecule has 0 bridgehead atoms. The number of halogens is 1. The number of hydrogen-bond acceptors (Lipinski definition) is 5. The van der Waals surface area contributed by atoms with Gasteiger partial charge in [0.1, 0.15) is 5.82 Å². The highest BCUT2D eigenvalue weighted by atomic mass is 32.1. The number of hydrogen-bond donors (Lipinski definition) is 1. The van der Waals surface area contributed by atoms with E-state index in [9.17, 15) is 4.39 Å². The van der Waals surface area contributed by atoms with Crippen LogP contribution in [0.15, 0.2) is 30.6 Å². The summed E-state index contributed by atoms with van der Waals surface area (Å²) in [6.07, 6.45) is 3.44. The molecule has 1 aromatic carbocycles. The first-order valence-electron chi connectivity index (χ1n) is 5.45. The fraction of sp³-hybridized carbons (Fsp3) is 0.182. The van der Waals surface area contributed by atoms with Gasteiger partial charge in [0, 0.05) is 18.8 Å². The molecule has 0 aliphatic heterocycles. The van der Waals surface area contributed by atoms with Crippen LogP contribution >= 0.6 is 11.3 Å². The normalized spacial score (nSPS) is 10.9. The summed E-state index contributed by atoms with van der Waals surface area (Å²) < 4.78 is 15.7. The van der Waals surface area contributed by atoms with Crippen LogP contribution in [-0.2, 0) is 6.54 Å². The van der Waals surface area contributed by atoms with E-state index in [-0.39, 0.29) is 5.82 Å². The minimum Gasteiger partial charge on any atom is -0.360 e. The molecule has 0 fully saturated rings. The highest BCUT2D eigenvalue weighted by Gasteiger charge is 2.04. The molecule has 0 unspecified atom stereocenters. The lowest BCUT2D eigenvalue weighted by Crippen LogP contribution is -2.10. The van der Waals surface area contributed by atoms with Crippen molar-refractivity contribution in [1.82, 2.24) is 20.0 Å². The van der Waals surface area contributed by atoms with E-state index >= 15 is 0 Å². The smallest absolute Gasteiger partial charge is 0.183 e. The van der Waals surface area contributed by atoms with Crippen molar-refractivity contribution in [3.8, 4) is 0 Å². The molecular weight excluding hydrogens is 253 g/mol. The molecule has 0 saturated carbocycles. The summed E-state index contributed by atoms with van der Waals surface area (Å²) in [5.74, 6) is -0.262. The zero-order chi connectivity index (χ0) is 12.4. The van der Waals surface area contributed by atoms with Gasteiger partial charge >= 0.3 is 0 Å². The highest BCUT2D eigenvalue weighted by molar-refractivity contribution is 7.22. The van der Waals surface area contributed by atoms with E-state index in [1.807, 2.05) is 0 Å². The quantitative estimate of drug-likeness (QED) is 0.783. The molecule has 7 heteroatoms. The van der Waals surface area contributed by atoms with Gasteiger partial charge in [-0.25, -0.2) is 9.37 Å². The number of nitrogens with one attached hydrogen (secondary N) is 1. The highest BCUT2D eigenvalue weighted by Crippen LogP contribution is 2.26. The average Bonchev–Trinajstić information content (AvgIpc) is 2.97. The maximum absolute atomic E-state index is 13.0. The van der Waals surface area contributed by atoms with Crippen molar-refractivity contribution in [2.75, 3.05) is 11.9 Å². The van der Waals surface area contributed by atoms with Gasteiger partial charge in [-0.2, -0.15) is 0 Å². The second-order valence-electron chi connectivity index (χ2n) is 3.72. The Balaban J connectivity index is 1.67. The van der Waals surface area contributed by atoms with Gasteiger partial charge in [-0.3, -0.25) is 4.68 Å². The molecule has 1 N–H and O–H groups in total. The van der Waals surface area contributed by atoms with Gasteiger partial charge in [0.25, 0.3) is 0 Å². The molecule has 2 heterocycles.